The van der Waals surface area contributed by atoms with Crippen molar-refractivity contribution in [3.63, 3.8) is 0 Å². The van der Waals surface area contributed by atoms with Gasteiger partial charge in [0, 0.05) is 18.6 Å². The Hall–Kier alpha value is -4.10. The monoisotopic (exact) mass is 545 g/mol. The number of carbonyl (C=O) groups excluding carboxylic acids is 4. The van der Waals surface area contributed by atoms with Crippen LogP contribution in [-0.2, 0) is 36.8 Å². The van der Waals surface area contributed by atoms with Crippen LogP contribution in [0, 0.1) is 0 Å². The van der Waals surface area contributed by atoms with Crippen molar-refractivity contribution in [2.24, 2.45) is 11.5 Å². The fourth-order valence-corrected chi connectivity index (χ4v) is 3.71. The number of carbonyl (C=O) groups is 5. The van der Waals surface area contributed by atoms with Crippen LogP contribution in [0.2, 0.25) is 0 Å². The smallest absolute Gasteiger partial charge is 0.326 e. The minimum atomic E-state index is -1.30. The molecule has 4 amide bonds. The van der Waals surface area contributed by atoms with Gasteiger partial charge in [0.2, 0.25) is 23.6 Å². The molecule has 0 bridgehead atoms. The fraction of sp³-hybridized carbons (Fsp3) is 0.320. The van der Waals surface area contributed by atoms with E-state index in [1.54, 1.807) is 30.3 Å². The Morgan fingerprint density at radius 2 is 1.26 bits per heavy atom. The van der Waals surface area contributed by atoms with Crippen molar-refractivity contribution in [3.8, 4) is 5.75 Å². The lowest BCUT2D eigenvalue weighted by molar-refractivity contribution is -0.142. The Labute approximate surface area is 224 Å². The molecule has 0 aliphatic rings. The van der Waals surface area contributed by atoms with Crippen molar-refractivity contribution in [1.82, 2.24) is 16.0 Å². The van der Waals surface area contributed by atoms with Gasteiger partial charge in [-0.3, -0.25) is 19.2 Å². The Balaban J connectivity index is 2.15. The number of carboxylic acids is 1. The van der Waals surface area contributed by atoms with Gasteiger partial charge in [0.05, 0.1) is 12.5 Å². The Kier molecular flexibility index (Phi) is 11.6. The van der Waals surface area contributed by atoms with Gasteiger partial charge in [-0.1, -0.05) is 42.5 Å². The normalized spacial score (nSPS) is 13.8. The lowest BCUT2D eigenvalue weighted by Crippen LogP contribution is -2.58. The maximum absolute atomic E-state index is 13.1. The van der Waals surface area contributed by atoms with E-state index >= 15 is 0 Å². The summed E-state index contributed by atoms with van der Waals surface area (Å²) in [5.41, 5.74) is 12.0. The van der Waals surface area contributed by atoms with Crippen LogP contribution < -0.4 is 27.4 Å². The van der Waals surface area contributed by atoms with Crippen molar-refractivity contribution >= 4 is 42.2 Å². The van der Waals surface area contributed by atoms with Gasteiger partial charge in [-0.15, -0.1) is 0 Å². The number of amides is 4. The number of hydrogen-bond acceptors (Lipinski definition) is 8. The zero-order chi connectivity index (χ0) is 28.2. The molecule has 4 atom stereocenters. The van der Waals surface area contributed by atoms with Gasteiger partial charge in [0.25, 0.3) is 0 Å². The van der Waals surface area contributed by atoms with Gasteiger partial charge < -0.3 is 37.6 Å². The summed E-state index contributed by atoms with van der Waals surface area (Å²) in [4.78, 5) is 61.4. The molecule has 38 heavy (non-hydrogen) atoms. The summed E-state index contributed by atoms with van der Waals surface area (Å²) in [7, 11) is 0. The quantitative estimate of drug-likeness (QED) is 0.135. The van der Waals surface area contributed by atoms with Gasteiger partial charge in [-0.25, -0.2) is 4.79 Å². The first-order valence-corrected chi connectivity index (χ1v) is 12.2. The zero-order valence-electron chi connectivity index (χ0n) is 20.4. The molecule has 204 valence electrons. The van der Waals surface area contributed by atoms with Crippen LogP contribution in [0.1, 0.15) is 17.5 Å². The topological polar surface area (TPSA) is 214 Å². The number of phenols is 1. The van der Waals surface area contributed by atoms with Gasteiger partial charge in [0.15, 0.2) is 0 Å². The molecule has 0 radical (unpaired) electrons. The van der Waals surface area contributed by atoms with Crippen molar-refractivity contribution in [1.29, 1.82) is 0 Å². The van der Waals surface area contributed by atoms with Crippen LogP contribution in [0.5, 0.6) is 5.75 Å². The van der Waals surface area contributed by atoms with Crippen LogP contribution >= 0.6 is 12.6 Å². The number of aromatic hydroxyl groups is 1. The maximum Gasteiger partial charge on any atom is 0.326 e. The first-order valence-electron chi connectivity index (χ1n) is 11.6. The van der Waals surface area contributed by atoms with Crippen LogP contribution in [0.25, 0.3) is 0 Å². The van der Waals surface area contributed by atoms with E-state index in [2.05, 4.69) is 28.6 Å². The molecule has 2 aromatic rings. The number of rotatable bonds is 14. The van der Waals surface area contributed by atoms with Gasteiger partial charge in [0.1, 0.15) is 23.9 Å². The van der Waals surface area contributed by atoms with Crippen LogP contribution in [0.15, 0.2) is 54.6 Å². The second-order valence-electron chi connectivity index (χ2n) is 8.54. The van der Waals surface area contributed by atoms with E-state index < -0.39 is 60.2 Å². The van der Waals surface area contributed by atoms with E-state index in [0.717, 1.165) is 0 Å². The molecular weight excluding hydrogens is 514 g/mol. The number of nitrogens with one attached hydrogen (secondary N) is 3. The van der Waals surface area contributed by atoms with E-state index in [0.29, 0.717) is 11.1 Å². The average Bonchev–Trinajstić information content (AvgIpc) is 2.87. The molecule has 0 spiro atoms. The van der Waals surface area contributed by atoms with Crippen molar-refractivity contribution in [3.05, 3.63) is 65.7 Å². The molecular formula is C25H31N5O7S. The summed E-state index contributed by atoms with van der Waals surface area (Å²) >= 11 is 4.11. The molecule has 0 saturated heterocycles. The first kappa shape index (κ1) is 30.1. The van der Waals surface area contributed by atoms with E-state index in [1.807, 2.05) is 0 Å². The number of carboxylic acid groups (broad SMARTS) is 1. The van der Waals surface area contributed by atoms with Crippen LogP contribution in [0.3, 0.4) is 0 Å². The minimum Gasteiger partial charge on any atom is -0.508 e. The molecule has 0 aliphatic heterocycles. The largest absolute Gasteiger partial charge is 0.508 e. The molecule has 0 saturated carbocycles. The third-order valence-corrected chi connectivity index (χ3v) is 5.84. The average molecular weight is 546 g/mol. The summed E-state index contributed by atoms with van der Waals surface area (Å²) in [6.45, 7) is 0. The molecule has 12 nitrogen and oxygen atoms in total. The summed E-state index contributed by atoms with van der Waals surface area (Å²) in [5, 5.41) is 26.4. The van der Waals surface area contributed by atoms with Crippen molar-refractivity contribution in [2.75, 3.05) is 5.75 Å². The lowest BCUT2D eigenvalue weighted by atomic mass is 10.0. The highest BCUT2D eigenvalue weighted by molar-refractivity contribution is 7.80. The van der Waals surface area contributed by atoms with Gasteiger partial charge in [-0.05, 0) is 23.3 Å². The Bertz CT molecular complexity index is 1130. The Morgan fingerprint density at radius 1 is 0.763 bits per heavy atom. The fourth-order valence-electron chi connectivity index (χ4n) is 3.45. The standard InChI is InChI=1S/C25H31N5O7S/c26-17(12-21(27)32)22(33)28-18(10-15-6-8-16(31)9-7-15)23(34)30-20(13-38)24(35)29-19(25(36)37)11-14-4-2-1-3-5-14/h1-9,17-20,31,38H,10-13,26H2,(H2,27,32)(H,28,33)(H,29,35)(H,30,34)(H,36,37). The van der Waals surface area contributed by atoms with E-state index in [4.69, 9.17) is 11.5 Å². The van der Waals surface area contributed by atoms with Crippen LogP contribution in [-0.4, -0.2) is 69.7 Å². The summed E-state index contributed by atoms with van der Waals surface area (Å²) in [5.74, 6) is -4.61. The SMILES string of the molecule is NC(=O)CC(N)C(=O)NC(Cc1ccc(O)cc1)C(=O)NC(CS)C(=O)NC(Cc1ccccc1)C(=O)O. The molecule has 0 aliphatic carbocycles. The first-order chi connectivity index (χ1) is 18.0. The van der Waals surface area contributed by atoms with Crippen molar-refractivity contribution in [2.45, 2.75) is 43.4 Å². The third kappa shape index (κ3) is 9.75. The highest BCUT2D eigenvalue weighted by Crippen LogP contribution is 2.12. The lowest BCUT2D eigenvalue weighted by Gasteiger charge is -2.24. The highest BCUT2D eigenvalue weighted by Gasteiger charge is 2.30. The molecule has 4 unspecified atom stereocenters. The number of phenolic OH excluding ortho intramolecular Hbond substituents is 1. The van der Waals surface area contributed by atoms with E-state index in [9.17, 15) is 34.2 Å². The van der Waals surface area contributed by atoms with Gasteiger partial charge >= 0.3 is 5.97 Å². The minimum absolute atomic E-state index is 0.00226. The molecule has 2 aromatic carbocycles. The second-order valence-corrected chi connectivity index (χ2v) is 8.91. The maximum atomic E-state index is 13.1. The summed E-state index contributed by atoms with van der Waals surface area (Å²) in [6.07, 6.45) is -0.473. The van der Waals surface area contributed by atoms with Crippen LogP contribution in [0.4, 0.5) is 0 Å². The number of benzene rings is 2. The van der Waals surface area contributed by atoms with E-state index in [-0.39, 0.29) is 24.3 Å². The van der Waals surface area contributed by atoms with Gasteiger partial charge in [-0.2, -0.15) is 12.6 Å². The number of nitrogens with two attached hydrogens (primary N) is 2. The molecule has 13 heteroatoms. The second kappa shape index (κ2) is 14.6. The predicted octanol–water partition coefficient (Wildman–Crippen LogP) is -1.15. The molecule has 0 fully saturated rings. The number of hydrogen-bond donors (Lipinski definition) is 8. The Morgan fingerprint density at radius 3 is 1.82 bits per heavy atom. The number of aliphatic carboxylic acids is 1. The number of primary amides is 1. The predicted molar refractivity (Wildman–Crippen MR) is 141 cm³/mol. The summed E-state index contributed by atoms with van der Waals surface area (Å²) < 4.78 is 0. The number of thiol groups is 1. The molecule has 0 heterocycles. The van der Waals surface area contributed by atoms with E-state index in [1.165, 1.54) is 24.3 Å². The third-order valence-electron chi connectivity index (χ3n) is 5.48. The summed E-state index contributed by atoms with van der Waals surface area (Å²) in [6, 6.07) is 9.53. The molecule has 2 rings (SSSR count). The zero-order valence-corrected chi connectivity index (χ0v) is 21.3. The van der Waals surface area contributed by atoms with Crippen molar-refractivity contribution < 1.29 is 34.2 Å². The highest BCUT2D eigenvalue weighted by atomic mass is 32.1. The molecule has 0 aromatic heterocycles. The molecule has 9 N–H and O–H groups in total.